The molecule has 0 heterocycles. The predicted molar refractivity (Wildman–Crippen MR) is 70.2 cm³/mol. The van der Waals surface area contributed by atoms with Crippen LogP contribution in [0.5, 0.6) is 0 Å². The lowest BCUT2D eigenvalue weighted by Gasteiger charge is -2.21. The third kappa shape index (κ3) is 3.01. The van der Waals surface area contributed by atoms with Crippen LogP contribution in [0.4, 0.5) is 10.1 Å². The van der Waals surface area contributed by atoms with E-state index >= 15 is 0 Å². The van der Waals surface area contributed by atoms with Crippen molar-refractivity contribution < 1.29 is 17.7 Å². The minimum Gasteiger partial charge on any atom is -0.258 e. The molecule has 1 aromatic rings. The predicted octanol–water partition coefficient (Wildman–Crippen LogP) is 1.85. The van der Waals surface area contributed by atoms with Gasteiger partial charge >= 0.3 is 5.69 Å². The molecule has 0 amide bonds. The highest BCUT2D eigenvalue weighted by molar-refractivity contribution is 7.89. The van der Waals surface area contributed by atoms with Crippen LogP contribution >= 0.6 is 0 Å². The van der Waals surface area contributed by atoms with Gasteiger partial charge in [0.1, 0.15) is 5.54 Å². The fraction of sp³-hybridized carbons (Fsp3) is 0.417. The molecule has 2 rings (SSSR count). The van der Waals surface area contributed by atoms with Crippen LogP contribution in [0.3, 0.4) is 0 Å². The molecule has 9 heteroatoms. The maximum absolute atomic E-state index is 13.2. The second-order valence-electron chi connectivity index (χ2n) is 4.88. The number of nitro benzene ring substituents is 1. The lowest BCUT2D eigenvalue weighted by molar-refractivity contribution is -0.387. The van der Waals surface area contributed by atoms with Crippen LogP contribution < -0.4 is 4.72 Å². The number of nitrogens with zero attached hydrogens (tertiary/aromatic N) is 2. The van der Waals surface area contributed by atoms with Gasteiger partial charge in [0.15, 0.2) is 0 Å². The Labute approximate surface area is 120 Å². The van der Waals surface area contributed by atoms with Gasteiger partial charge in [0.2, 0.25) is 15.8 Å². The fourth-order valence-electron chi connectivity index (χ4n) is 2.33. The van der Waals surface area contributed by atoms with Crippen LogP contribution in [0.15, 0.2) is 23.1 Å². The average molecular weight is 313 g/mol. The molecular formula is C12H12FN3O4S. The molecule has 1 aromatic carbocycles. The molecule has 1 fully saturated rings. The maximum atomic E-state index is 13.2. The first-order valence-electron chi connectivity index (χ1n) is 6.19. The second kappa shape index (κ2) is 5.38. The molecule has 1 aliphatic carbocycles. The molecular weight excluding hydrogens is 301 g/mol. The van der Waals surface area contributed by atoms with Crippen molar-refractivity contribution in [3.63, 3.8) is 0 Å². The monoisotopic (exact) mass is 313 g/mol. The summed E-state index contributed by atoms with van der Waals surface area (Å²) in [5, 5.41) is 19.8. The number of hydrogen-bond donors (Lipinski definition) is 1. The molecule has 1 aliphatic rings. The van der Waals surface area contributed by atoms with E-state index in [2.05, 4.69) is 4.72 Å². The third-order valence-corrected chi connectivity index (χ3v) is 4.96. The van der Waals surface area contributed by atoms with E-state index in [1.807, 2.05) is 6.07 Å². The van der Waals surface area contributed by atoms with Crippen molar-refractivity contribution in [3.8, 4) is 6.07 Å². The Morgan fingerprint density at radius 3 is 2.52 bits per heavy atom. The van der Waals surface area contributed by atoms with Gasteiger partial charge < -0.3 is 0 Å². The van der Waals surface area contributed by atoms with E-state index in [-0.39, 0.29) is 0 Å². The molecule has 0 atom stereocenters. The van der Waals surface area contributed by atoms with Crippen LogP contribution in [0.1, 0.15) is 25.7 Å². The summed E-state index contributed by atoms with van der Waals surface area (Å²) >= 11 is 0. The smallest absolute Gasteiger partial charge is 0.258 e. The number of nitro groups is 1. The topological polar surface area (TPSA) is 113 Å². The quantitative estimate of drug-likeness (QED) is 0.673. The first-order chi connectivity index (χ1) is 9.80. The van der Waals surface area contributed by atoms with Gasteiger partial charge in [-0.25, -0.2) is 8.42 Å². The van der Waals surface area contributed by atoms with E-state index in [9.17, 15) is 22.9 Å². The number of nitrogens with one attached hydrogen (secondary N) is 1. The highest BCUT2D eigenvalue weighted by Gasteiger charge is 2.38. The summed E-state index contributed by atoms with van der Waals surface area (Å²) in [6.45, 7) is 0. The van der Waals surface area contributed by atoms with Gasteiger partial charge in [0, 0.05) is 6.07 Å². The SMILES string of the molecule is N#CC1(NS(=O)(=O)c2ccc(F)c([N+](=O)[O-])c2)CCCC1. The molecule has 7 nitrogen and oxygen atoms in total. The summed E-state index contributed by atoms with van der Waals surface area (Å²) in [4.78, 5) is 9.23. The van der Waals surface area contributed by atoms with Gasteiger partial charge in [0.05, 0.1) is 15.9 Å². The van der Waals surface area contributed by atoms with Crippen molar-refractivity contribution in [2.24, 2.45) is 0 Å². The number of benzene rings is 1. The summed E-state index contributed by atoms with van der Waals surface area (Å²) in [6.07, 6.45) is 2.21. The van der Waals surface area contributed by atoms with E-state index in [0.717, 1.165) is 25.0 Å². The Bertz CT molecular complexity index is 721. The zero-order valence-electron chi connectivity index (χ0n) is 10.9. The Balaban J connectivity index is 2.39. The number of halogens is 1. The highest BCUT2D eigenvalue weighted by Crippen LogP contribution is 2.31. The Morgan fingerprint density at radius 2 is 2.00 bits per heavy atom. The third-order valence-electron chi connectivity index (χ3n) is 3.43. The maximum Gasteiger partial charge on any atom is 0.306 e. The van der Waals surface area contributed by atoms with Gasteiger partial charge in [-0.2, -0.15) is 14.4 Å². The number of sulfonamides is 1. The molecule has 1 N–H and O–H groups in total. The van der Waals surface area contributed by atoms with E-state index in [1.54, 1.807) is 0 Å². The lowest BCUT2D eigenvalue weighted by atomic mass is 10.0. The highest BCUT2D eigenvalue weighted by atomic mass is 32.2. The average Bonchev–Trinajstić information content (AvgIpc) is 2.87. The summed E-state index contributed by atoms with van der Waals surface area (Å²) in [6, 6.07) is 4.26. The molecule has 1 saturated carbocycles. The van der Waals surface area contributed by atoms with Gasteiger partial charge in [-0.15, -0.1) is 0 Å². The van der Waals surface area contributed by atoms with Crippen LogP contribution in [0.2, 0.25) is 0 Å². The van der Waals surface area contributed by atoms with Gasteiger partial charge in [-0.1, -0.05) is 12.8 Å². The first kappa shape index (κ1) is 15.3. The van der Waals surface area contributed by atoms with Crippen molar-refractivity contribution >= 4 is 15.7 Å². The van der Waals surface area contributed by atoms with E-state index in [0.29, 0.717) is 18.9 Å². The molecule has 0 radical (unpaired) electrons. The van der Waals surface area contributed by atoms with Gasteiger partial charge in [0.25, 0.3) is 0 Å². The Kier molecular flexibility index (Phi) is 3.93. The van der Waals surface area contributed by atoms with E-state index in [1.165, 1.54) is 0 Å². The minimum atomic E-state index is -4.13. The zero-order chi connectivity index (χ0) is 15.7. The summed E-state index contributed by atoms with van der Waals surface area (Å²) in [7, 11) is -4.13. The van der Waals surface area contributed by atoms with Crippen LogP contribution in [-0.2, 0) is 10.0 Å². The fourth-order valence-corrected chi connectivity index (χ4v) is 3.73. The first-order valence-corrected chi connectivity index (χ1v) is 7.67. The molecule has 0 spiro atoms. The zero-order valence-corrected chi connectivity index (χ0v) is 11.7. The Hall–Kier alpha value is -2.05. The van der Waals surface area contributed by atoms with Crippen LogP contribution in [-0.4, -0.2) is 18.9 Å². The Morgan fingerprint density at radius 1 is 1.38 bits per heavy atom. The summed E-state index contributed by atoms with van der Waals surface area (Å²) < 4.78 is 40.0. The molecule has 21 heavy (non-hydrogen) atoms. The van der Waals surface area contributed by atoms with Crippen LogP contribution in [0.25, 0.3) is 0 Å². The normalized spacial score (nSPS) is 17.3. The molecule has 0 aromatic heterocycles. The van der Waals surface area contributed by atoms with Crippen molar-refractivity contribution in [1.82, 2.24) is 4.72 Å². The number of rotatable bonds is 4. The van der Waals surface area contributed by atoms with Gasteiger partial charge in [-0.3, -0.25) is 10.1 Å². The molecule has 0 saturated heterocycles. The molecule has 0 aliphatic heterocycles. The molecule has 112 valence electrons. The summed E-state index contributed by atoms with van der Waals surface area (Å²) in [5.41, 5.74) is -2.11. The number of hydrogen-bond acceptors (Lipinski definition) is 5. The van der Waals surface area contributed by atoms with Gasteiger partial charge in [-0.05, 0) is 25.0 Å². The van der Waals surface area contributed by atoms with Crippen molar-refractivity contribution in [3.05, 3.63) is 34.1 Å². The molecule has 0 bridgehead atoms. The van der Waals surface area contributed by atoms with E-state index in [4.69, 9.17) is 5.26 Å². The standard InChI is InChI=1S/C12H12FN3O4S/c13-10-4-3-9(7-11(10)16(17)18)21(19,20)15-12(8-14)5-1-2-6-12/h3-4,7,15H,1-2,5-6H2. The van der Waals surface area contributed by atoms with E-state index < -0.39 is 36.9 Å². The van der Waals surface area contributed by atoms with Crippen molar-refractivity contribution in [1.29, 1.82) is 5.26 Å². The van der Waals surface area contributed by atoms with Crippen molar-refractivity contribution in [2.45, 2.75) is 36.1 Å². The second-order valence-corrected chi connectivity index (χ2v) is 6.56. The number of nitriles is 1. The summed E-state index contributed by atoms with van der Waals surface area (Å²) in [5.74, 6) is -1.12. The van der Waals surface area contributed by atoms with Crippen molar-refractivity contribution in [2.75, 3.05) is 0 Å². The van der Waals surface area contributed by atoms with Crippen LogP contribution in [0, 0.1) is 27.3 Å². The minimum absolute atomic E-state index is 0.381. The largest absolute Gasteiger partial charge is 0.306 e. The lowest BCUT2D eigenvalue weighted by Crippen LogP contribution is -2.44. The molecule has 0 unspecified atom stereocenters.